The molecule has 0 spiro atoms. The zero-order valence-electron chi connectivity index (χ0n) is 11.6. The van der Waals surface area contributed by atoms with Gasteiger partial charge in [-0.15, -0.1) is 0 Å². The second-order valence-electron chi connectivity index (χ2n) is 4.98. The number of nitrogens with one attached hydrogen (secondary N) is 1. The number of hydrogen-bond acceptors (Lipinski definition) is 3. The third kappa shape index (κ3) is 2.34. The molecule has 1 aromatic carbocycles. The van der Waals surface area contributed by atoms with Gasteiger partial charge in [0.2, 0.25) is 0 Å². The van der Waals surface area contributed by atoms with E-state index in [1.165, 1.54) is 11.1 Å². The van der Waals surface area contributed by atoms with Crippen LogP contribution >= 0.6 is 0 Å². The Kier molecular flexibility index (Phi) is 3.10. The molecule has 0 saturated heterocycles. The highest BCUT2D eigenvalue weighted by molar-refractivity contribution is 6.02. The summed E-state index contributed by atoms with van der Waals surface area (Å²) >= 11 is 0. The highest BCUT2D eigenvalue weighted by Gasteiger charge is 2.24. The van der Waals surface area contributed by atoms with Crippen LogP contribution in [0.4, 0.5) is 16.2 Å². The third-order valence-corrected chi connectivity index (χ3v) is 3.41. The lowest BCUT2D eigenvalue weighted by atomic mass is 10.1. The fourth-order valence-corrected chi connectivity index (χ4v) is 2.39. The molecule has 20 heavy (non-hydrogen) atoms. The van der Waals surface area contributed by atoms with E-state index in [9.17, 15) is 4.79 Å². The van der Waals surface area contributed by atoms with Crippen molar-refractivity contribution < 1.29 is 4.79 Å². The van der Waals surface area contributed by atoms with Gasteiger partial charge in [-0.3, -0.25) is 4.90 Å². The van der Waals surface area contributed by atoms with Crippen molar-refractivity contribution in [1.82, 2.24) is 9.97 Å². The van der Waals surface area contributed by atoms with Crippen LogP contribution in [-0.2, 0) is 6.42 Å². The molecule has 5 heteroatoms. The minimum atomic E-state index is -0.139. The molecule has 0 aliphatic carbocycles. The van der Waals surface area contributed by atoms with Crippen LogP contribution in [-0.4, -0.2) is 22.5 Å². The Labute approximate surface area is 117 Å². The first-order chi connectivity index (χ1) is 9.63. The molecule has 0 bridgehead atoms. The number of nitrogens with zero attached hydrogens (tertiary/aromatic N) is 3. The number of rotatable bonds is 1. The summed E-state index contributed by atoms with van der Waals surface area (Å²) in [5.74, 6) is 0.685. The van der Waals surface area contributed by atoms with E-state index in [4.69, 9.17) is 0 Å². The predicted molar refractivity (Wildman–Crippen MR) is 78.0 cm³/mol. The molecule has 5 nitrogen and oxygen atoms in total. The van der Waals surface area contributed by atoms with Crippen LogP contribution < -0.4 is 10.2 Å². The molecule has 2 heterocycles. The van der Waals surface area contributed by atoms with Gasteiger partial charge in [-0.25, -0.2) is 14.8 Å². The Morgan fingerprint density at radius 2 is 2.00 bits per heavy atom. The summed E-state index contributed by atoms with van der Waals surface area (Å²) in [5, 5.41) is 2.83. The number of hydrogen-bond donors (Lipinski definition) is 1. The van der Waals surface area contributed by atoms with Gasteiger partial charge in [0.25, 0.3) is 0 Å². The molecule has 2 amide bonds. The lowest BCUT2D eigenvalue weighted by Gasteiger charge is -2.18. The molecule has 1 aliphatic heterocycles. The number of benzene rings is 1. The minimum Gasteiger partial charge on any atom is -0.305 e. The van der Waals surface area contributed by atoms with Crippen LogP contribution in [0.3, 0.4) is 0 Å². The summed E-state index contributed by atoms with van der Waals surface area (Å²) in [7, 11) is 0. The number of carbonyl (C=O) groups excluding carboxylic acids is 1. The summed E-state index contributed by atoms with van der Waals surface area (Å²) in [6, 6.07) is 6.03. The highest BCUT2D eigenvalue weighted by Crippen LogP contribution is 2.29. The van der Waals surface area contributed by atoms with E-state index < -0.39 is 0 Å². The van der Waals surface area contributed by atoms with E-state index in [2.05, 4.69) is 28.3 Å². The molecule has 0 fully saturated rings. The second-order valence-corrected chi connectivity index (χ2v) is 4.98. The van der Waals surface area contributed by atoms with E-state index in [1.807, 2.05) is 19.1 Å². The average Bonchev–Trinajstić information content (AvgIpc) is 2.84. The van der Waals surface area contributed by atoms with Gasteiger partial charge in [0.05, 0.1) is 18.1 Å². The molecular weight excluding hydrogens is 252 g/mol. The Morgan fingerprint density at radius 3 is 2.75 bits per heavy atom. The third-order valence-electron chi connectivity index (χ3n) is 3.41. The van der Waals surface area contributed by atoms with E-state index in [1.54, 1.807) is 17.3 Å². The van der Waals surface area contributed by atoms with Gasteiger partial charge in [-0.05, 0) is 31.9 Å². The van der Waals surface area contributed by atoms with Crippen molar-refractivity contribution in [2.24, 2.45) is 0 Å². The van der Waals surface area contributed by atoms with Crippen molar-refractivity contribution >= 4 is 17.4 Å². The molecular formula is C15H16N4O. The van der Waals surface area contributed by atoms with E-state index in [0.29, 0.717) is 18.1 Å². The number of anilines is 2. The molecule has 3 rings (SSSR count). The molecule has 2 aromatic rings. The number of aryl methyl sites for hydroxylation is 2. The normalized spacial score (nSPS) is 13.2. The van der Waals surface area contributed by atoms with Crippen LogP contribution in [0.2, 0.25) is 0 Å². The van der Waals surface area contributed by atoms with Crippen molar-refractivity contribution in [1.29, 1.82) is 0 Å². The average molecular weight is 268 g/mol. The maximum absolute atomic E-state index is 12.3. The second kappa shape index (κ2) is 4.92. The van der Waals surface area contributed by atoms with Crippen molar-refractivity contribution in [3.05, 3.63) is 47.5 Å². The van der Waals surface area contributed by atoms with Gasteiger partial charge < -0.3 is 5.32 Å². The molecule has 0 atom stereocenters. The summed E-state index contributed by atoms with van der Waals surface area (Å²) in [6.07, 6.45) is 4.13. The van der Waals surface area contributed by atoms with Crippen molar-refractivity contribution in [2.75, 3.05) is 16.8 Å². The van der Waals surface area contributed by atoms with Crippen molar-refractivity contribution in [2.45, 2.75) is 20.3 Å². The van der Waals surface area contributed by atoms with Gasteiger partial charge in [0, 0.05) is 12.2 Å². The zero-order valence-corrected chi connectivity index (χ0v) is 11.6. The predicted octanol–water partition coefficient (Wildman–Crippen LogP) is 2.69. The SMILES string of the molecule is Cc1ccc2c(c1)CCN2C(=O)Nc1cnc(C)nc1. The van der Waals surface area contributed by atoms with Gasteiger partial charge in [0.1, 0.15) is 5.82 Å². The molecule has 0 radical (unpaired) electrons. The van der Waals surface area contributed by atoms with Gasteiger partial charge in [-0.1, -0.05) is 17.7 Å². The largest absolute Gasteiger partial charge is 0.326 e. The maximum Gasteiger partial charge on any atom is 0.326 e. The summed E-state index contributed by atoms with van der Waals surface area (Å²) in [4.78, 5) is 22.2. The number of urea groups is 1. The quantitative estimate of drug-likeness (QED) is 0.865. The minimum absolute atomic E-state index is 0.139. The van der Waals surface area contributed by atoms with Crippen LogP contribution in [0.25, 0.3) is 0 Å². The van der Waals surface area contributed by atoms with E-state index >= 15 is 0 Å². The van der Waals surface area contributed by atoms with Gasteiger partial charge >= 0.3 is 6.03 Å². The number of amides is 2. The molecule has 1 aliphatic rings. The Morgan fingerprint density at radius 1 is 1.25 bits per heavy atom. The maximum atomic E-state index is 12.3. The fraction of sp³-hybridized carbons (Fsp3) is 0.267. The van der Waals surface area contributed by atoms with Crippen molar-refractivity contribution in [3.8, 4) is 0 Å². The summed E-state index contributed by atoms with van der Waals surface area (Å²) in [6.45, 7) is 4.58. The Bertz CT molecular complexity index is 651. The van der Waals surface area contributed by atoms with Gasteiger partial charge in [0.15, 0.2) is 0 Å². The van der Waals surface area contributed by atoms with E-state index in [0.717, 1.165) is 12.1 Å². The molecule has 1 N–H and O–H groups in total. The standard InChI is InChI=1S/C15H16N4O/c1-10-3-4-14-12(7-10)5-6-19(14)15(20)18-13-8-16-11(2)17-9-13/h3-4,7-9H,5-6H2,1-2H3,(H,18,20). The van der Waals surface area contributed by atoms with Crippen LogP contribution in [0.15, 0.2) is 30.6 Å². The molecule has 0 unspecified atom stereocenters. The van der Waals surface area contributed by atoms with E-state index in [-0.39, 0.29) is 6.03 Å². The lowest BCUT2D eigenvalue weighted by molar-refractivity contribution is 0.257. The Balaban J connectivity index is 1.78. The summed E-state index contributed by atoms with van der Waals surface area (Å²) in [5.41, 5.74) is 4.04. The number of aromatic nitrogens is 2. The number of fused-ring (bicyclic) bond motifs is 1. The monoisotopic (exact) mass is 268 g/mol. The zero-order chi connectivity index (χ0) is 14.1. The van der Waals surface area contributed by atoms with Crippen LogP contribution in [0.5, 0.6) is 0 Å². The molecule has 102 valence electrons. The van der Waals surface area contributed by atoms with Crippen LogP contribution in [0.1, 0.15) is 17.0 Å². The van der Waals surface area contributed by atoms with Gasteiger partial charge in [-0.2, -0.15) is 0 Å². The van der Waals surface area contributed by atoms with Crippen LogP contribution in [0, 0.1) is 13.8 Å². The Hall–Kier alpha value is -2.43. The van der Waals surface area contributed by atoms with Crippen molar-refractivity contribution in [3.63, 3.8) is 0 Å². The summed E-state index contributed by atoms with van der Waals surface area (Å²) < 4.78 is 0. The topological polar surface area (TPSA) is 58.1 Å². The highest BCUT2D eigenvalue weighted by atomic mass is 16.2. The molecule has 1 aromatic heterocycles. The first kappa shape index (κ1) is 12.6. The fourth-order valence-electron chi connectivity index (χ4n) is 2.39. The smallest absolute Gasteiger partial charge is 0.305 e. The first-order valence-corrected chi connectivity index (χ1v) is 6.60. The lowest BCUT2D eigenvalue weighted by Crippen LogP contribution is -2.33. The first-order valence-electron chi connectivity index (χ1n) is 6.60. The molecule has 0 saturated carbocycles. The number of carbonyl (C=O) groups is 1.